The van der Waals surface area contributed by atoms with E-state index < -0.39 is 37.2 Å². The first kappa shape index (κ1) is 23.2. The summed E-state index contributed by atoms with van der Waals surface area (Å²) in [6.45, 7) is -0.138. The van der Waals surface area contributed by atoms with Crippen LogP contribution in [0, 0.1) is 0 Å². The number of carbonyl (C=O) groups excluding carboxylic acids is 1. The molecule has 8 nitrogen and oxygen atoms in total. The minimum absolute atomic E-state index is 0.118. The molecule has 2 aliphatic heterocycles. The first-order valence-corrected chi connectivity index (χ1v) is 12.7. The summed E-state index contributed by atoms with van der Waals surface area (Å²) in [7, 11) is 0. The molecule has 7 rings (SSSR count). The Balaban J connectivity index is 1.38. The smallest absolute Gasteiger partial charge is 0.328 e. The topological polar surface area (TPSA) is 119 Å². The highest BCUT2D eigenvalue weighted by molar-refractivity contribution is 6.30. The molecule has 0 aliphatic carbocycles. The van der Waals surface area contributed by atoms with Gasteiger partial charge in [0.1, 0.15) is 24.1 Å². The van der Waals surface area contributed by atoms with Gasteiger partial charge in [0.25, 0.3) is 0 Å². The lowest BCUT2D eigenvalue weighted by atomic mass is 9.87. The average molecular weight is 510 g/mol. The third kappa shape index (κ3) is 3.21. The first-order chi connectivity index (χ1) is 18.5. The van der Waals surface area contributed by atoms with E-state index in [-0.39, 0.29) is 13.1 Å². The van der Waals surface area contributed by atoms with Crippen molar-refractivity contribution in [2.45, 2.75) is 31.1 Å². The molecular weight excluding hydrogens is 482 g/mol. The maximum absolute atomic E-state index is 13.8. The fourth-order valence-corrected chi connectivity index (χ4v) is 6.17. The van der Waals surface area contributed by atoms with Gasteiger partial charge >= 0.3 is 6.03 Å². The molecule has 4 atom stereocenters. The van der Waals surface area contributed by atoms with E-state index in [1.54, 1.807) is 6.08 Å². The predicted molar refractivity (Wildman–Crippen MR) is 145 cm³/mol. The summed E-state index contributed by atoms with van der Waals surface area (Å²) >= 11 is 0. The van der Waals surface area contributed by atoms with Gasteiger partial charge in [-0.1, -0.05) is 66.7 Å². The van der Waals surface area contributed by atoms with Crippen LogP contribution in [0.3, 0.4) is 0 Å². The van der Waals surface area contributed by atoms with E-state index in [4.69, 9.17) is 10.5 Å². The van der Waals surface area contributed by atoms with Gasteiger partial charge in [0.05, 0.1) is 13.2 Å². The lowest BCUT2D eigenvalue weighted by Gasteiger charge is -2.38. The highest BCUT2D eigenvalue weighted by atomic mass is 16.6. The highest BCUT2D eigenvalue weighted by Gasteiger charge is 2.48. The van der Waals surface area contributed by atoms with Gasteiger partial charge in [0.15, 0.2) is 6.23 Å². The fraction of sp³-hybridized carbons (Fsp3) is 0.233. The first-order valence-electron chi connectivity index (χ1n) is 12.7. The quantitative estimate of drug-likeness (QED) is 0.218. The van der Waals surface area contributed by atoms with Crippen LogP contribution in [0.1, 0.15) is 5.56 Å². The van der Waals surface area contributed by atoms with Gasteiger partial charge in [-0.05, 0) is 54.7 Å². The van der Waals surface area contributed by atoms with Crippen molar-refractivity contribution in [2.24, 2.45) is 5.73 Å². The molecule has 5 aromatic carbocycles. The maximum atomic E-state index is 13.8. The zero-order valence-corrected chi connectivity index (χ0v) is 20.5. The normalized spacial score (nSPS) is 24.4. The van der Waals surface area contributed by atoms with Crippen molar-refractivity contribution in [1.82, 2.24) is 9.80 Å². The number of fused-ring (bicyclic) bond motifs is 2. The molecule has 1 saturated heterocycles. The monoisotopic (exact) mass is 509 g/mol. The number of hydrogen-bond donors (Lipinski definition) is 4. The molecule has 0 unspecified atom stereocenters. The van der Waals surface area contributed by atoms with E-state index >= 15 is 0 Å². The predicted octanol–water partition coefficient (Wildman–Crippen LogP) is 3.21. The SMILES string of the molecule is NC1=CCN([C@@H]2O[C@H](CO)[C@@H](O)[C@H]2O)C(=O)N1Cc1c2ccccc2c2ccc3cccc4ccc1c2c43. The number of nitrogens with two attached hydrogens (primary N) is 1. The number of ether oxygens (including phenoxy) is 1. The lowest BCUT2D eigenvalue weighted by molar-refractivity contribution is -0.0812. The highest BCUT2D eigenvalue weighted by Crippen LogP contribution is 2.41. The van der Waals surface area contributed by atoms with Gasteiger partial charge in [-0.15, -0.1) is 0 Å². The van der Waals surface area contributed by atoms with Crippen molar-refractivity contribution in [2.75, 3.05) is 13.2 Å². The summed E-state index contributed by atoms with van der Waals surface area (Å²) in [4.78, 5) is 16.6. The second kappa shape index (κ2) is 8.54. The number of aliphatic hydroxyl groups is 3. The number of hydrogen-bond acceptors (Lipinski definition) is 6. The van der Waals surface area contributed by atoms with Crippen LogP contribution in [-0.4, -0.2) is 68.8 Å². The van der Waals surface area contributed by atoms with Gasteiger partial charge < -0.3 is 25.8 Å². The van der Waals surface area contributed by atoms with E-state index in [1.807, 2.05) is 12.1 Å². The molecule has 5 N–H and O–H groups in total. The maximum Gasteiger partial charge on any atom is 0.328 e. The zero-order chi connectivity index (χ0) is 26.1. The standard InChI is InChI=1S/C30H27N3O5/c31-24-12-13-32(29-28(36)27(35)23(15-34)38-29)30(37)33(24)14-22-19-7-2-1-6-18(19)20-10-8-16-4-3-5-17-9-11-21(22)26(20)25(16)17/h1-12,23,27-29,34-36H,13-15,31H2/t23-,27-,28-,29-/m1/s1. The number of nitrogens with zero attached hydrogens (tertiary/aromatic N) is 2. The number of urea groups is 1. The molecule has 2 amide bonds. The van der Waals surface area contributed by atoms with Crippen LogP contribution in [0.4, 0.5) is 4.79 Å². The van der Waals surface area contributed by atoms with Crippen LogP contribution in [0.25, 0.3) is 43.1 Å². The molecular formula is C30H27N3O5. The van der Waals surface area contributed by atoms with Crippen molar-refractivity contribution < 1.29 is 24.9 Å². The Morgan fingerprint density at radius 2 is 1.55 bits per heavy atom. The zero-order valence-electron chi connectivity index (χ0n) is 20.5. The summed E-state index contributed by atoms with van der Waals surface area (Å²) in [5, 5.41) is 39.3. The molecule has 5 aromatic rings. The summed E-state index contributed by atoms with van der Waals surface area (Å²) in [6, 6.07) is 22.6. The van der Waals surface area contributed by atoms with Crippen molar-refractivity contribution in [3.05, 3.63) is 84.2 Å². The molecule has 2 aliphatic rings. The molecule has 192 valence electrons. The number of carbonyl (C=O) groups is 1. The van der Waals surface area contributed by atoms with Crippen LogP contribution in [-0.2, 0) is 11.3 Å². The molecule has 2 heterocycles. The van der Waals surface area contributed by atoms with Crippen LogP contribution in [0.15, 0.2) is 78.6 Å². The third-order valence-corrected chi connectivity index (χ3v) is 8.07. The van der Waals surface area contributed by atoms with Crippen LogP contribution >= 0.6 is 0 Å². The van der Waals surface area contributed by atoms with E-state index in [2.05, 4.69) is 54.6 Å². The van der Waals surface area contributed by atoms with Crippen molar-refractivity contribution in [3.8, 4) is 0 Å². The Bertz CT molecular complexity index is 1740. The molecule has 0 saturated carbocycles. The van der Waals surface area contributed by atoms with Crippen LogP contribution in [0.5, 0.6) is 0 Å². The van der Waals surface area contributed by atoms with Crippen LogP contribution < -0.4 is 5.73 Å². The fourth-order valence-electron chi connectivity index (χ4n) is 6.17. The number of benzene rings is 5. The summed E-state index contributed by atoms with van der Waals surface area (Å²) < 4.78 is 5.65. The van der Waals surface area contributed by atoms with Crippen molar-refractivity contribution >= 4 is 49.1 Å². The van der Waals surface area contributed by atoms with E-state index in [1.165, 1.54) is 15.2 Å². The van der Waals surface area contributed by atoms with Gasteiger partial charge in [-0.2, -0.15) is 0 Å². The average Bonchev–Trinajstić information content (AvgIpc) is 3.23. The Hall–Kier alpha value is -3.95. The molecule has 0 spiro atoms. The number of aliphatic hydroxyl groups excluding tert-OH is 3. The van der Waals surface area contributed by atoms with E-state index in [9.17, 15) is 20.1 Å². The van der Waals surface area contributed by atoms with Crippen molar-refractivity contribution in [3.63, 3.8) is 0 Å². The van der Waals surface area contributed by atoms with Gasteiger partial charge in [0, 0.05) is 6.54 Å². The van der Waals surface area contributed by atoms with E-state index in [0.717, 1.165) is 43.3 Å². The molecule has 0 aromatic heterocycles. The minimum atomic E-state index is -1.35. The van der Waals surface area contributed by atoms with Crippen LogP contribution in [0.2, 0.25) is 0 Å². The molecule has 1 fully saturated rings. The Morgan fingerprint density at radius 1 is 0.842 bits per heavy atom. The third-order valence-electron chi connectivity index (χ3n) is 8.07. The largest absolute Gasteiger partial charge is 0.394 e. The number of rotatable bonds is 4. The van der Waals surface area contributed by atoms with Gasteiger partial charge in [-0.25, -0.2) is 4.79 Å². The molecule has 0 bridgehead atoms. The summed E-state index contributed by atoms with van der Waals surface area (Å²) in [6.07, 6.45) is -3.01. The lowest BCUT2D eigenvalue weighted by Crippen LogP contribution is -2.55. The van der Waals surface area contributed by atoms with Gasteiger partial charge in [0.2, 0.25) is 0 Å². The minimum Gasteiger partial charge on any atom is -0.394 e. The second-order valence-corrected chi connectivity index (χ2v) is 10.1. The molecule has 38 heavy (non-hydrogen) atoms. The Morgan fingerprint density at radius 3 is 2.26 bits per heavy atom. The Kier molecular flexibility index (Phi) is 5.21. The second-order valence-electron chi connectivity index (χ2n) is 10.1. The summed E-state index contributed by atoms with van der Waals surface area (Å²) in [5.41, 5.74) is 7.34. The Labute approximate surface area is 218 Å². The number of amides is 2. The molecule has 0 radical (unpaired) electrons. The van der Waals surface area contributed by atoms with Gasteiger partial charge in [-0.3, -0.25) is 9.80 Å². The van der Waals surface area contributed by atoms with E-state index in [0.29, 0.717) is 5.82 Å². The van der Waals surface area contributed by atoms with Crippen molar-refractivity contribution in [1.29, 1.82) is 0 Å². The molecule has 8 heteroatoms. The summed E-state index contributed by atoms with van der Waals surface area (Å²) in [5.74, 6) is 0.313.